The highest BCUT2D eigenvalue weighted by Crippen LogP contribution is 2.31. The lowest BCUT2D eigenvalue weighted by atomic mass is 10.1. The molecule has 2 unspecified atom stereocenters. The summed E-state index contributed by atoms with van der Waals surface area (Å²) >= 11 is 3.60. The van der Waals surface area contributed by atoms with Gasteiger partial charge in [0, 0.05) is 24.1 Å². The van der Waals surface area contributed by atoms with Gasteiger partial charge in [-0.3, -0.25) is 0 Å². The molecule has 1 N–H and O–H groups in total. The molecule has 1 aromatic rings. The Morgan fingerprint density at radius 3 is 2.79 bits per heavy atom. The van der Waals surface area contributed by atoms with Gasteiger partial charge in [-0.1, -0.05) is 22.4 Å². The number of nitrogens with zero attached hydrogens (tertiary/aromatic N) is 2. The smallest absolute Gasteiger partial charge is 0.259 e. The molecule has 1 heterocycles. The van der Waals surface area contributed by atoms with Crippen molar-refractivity contribution in [2.75, 3.05) is 6.54 Å². The molecule has 108 valence electrons. The van der Waals surface area contributed by atoms with Gasteiger partial charge in [-0.15, -0.1) is 0 Å². The second-order valence-corrected chi connectivity index (χ2v) is 7.86. The minimum Gasteiger partial charge on any atom is -0.334 e. The van der Waals surface area contributed by atoms with Crippen LogP contribution >= 0.6 is 15.9 Å². The molecule has 0 amide bonds. The van der Waals surface area contributed by atoms with Crippen molar-refractivity contribution in [3.8, 4) is 0 Å². The first-order valence-electron chi connectivity index (χ1n) is 6.61. The van der Waals surface area contributed by atoms with Crippen LogP contribution in [0.4, 0.5) is 0 Å². The molecule has 0 spiro atoms. The number of nitrogens with one attached hydrogen (secondary N) is 1. The Labute approximate surface area is 123 Å². The lowest BCUT2D eigenvalue weighted by Gasteiger charge is -2.14. The molecule has 2 atom stereocenters. The summed E-state index contributed by atoms with van der Waals surface area (Å²) in [5.41, 5.74) is 0. The third-order valence-electron chi connectivity index (χ3n) is 3.67. The van der Waals surface area contributed by atoms with Crippen LogP contribution in [0.15, 0.2) is 11.2 Å². The maximum absolute atomic E-state index is 12.2. The lowest BCUT2D eigenvalue weighted by Crippen LogP contribution is -2.31. The van der Waals surface area contributed by atoms with Crippen molar-refractivity contribution in [2.24, 2.45) is 5.92 Å². The molecule has 0 radical (unpaired) electrons. The van der Waals surface area contributed by atoms with Gasteiger partial charge in [-0.05, 0) is 32.6 Å². The van der Waals surface area contributed by atoms with Gasteiger partial charge in [0.05, 0.1) is 0 Å². The Hall–Kier alpha value is -0.400. The van der Waals surface area contributed by atoms with Gasteiger partial charge in [-0.2, -0.15) is 0 Å². The fourth-order valence-electron chi connectivity index (χ4n) is 2.44. The van der Waals surface area contributed by atoms with Gasteiger partial charge in [0.25, 0.3) is 10.0 Å². The summed E-state index contributed by atoms with van der Waals surface area (Å²) in [5.74, 6) is 1.10. The standard InChI is InChI=1S/C12H20BrN3O2S/c1-3-16-8-12(15-9(16)2)19(17,18)14-7-10-5-4-6-11(10)13/h8,10-11,14H,3-7H2,1-2H3. The van der Waals surface area contributed by atoms with E-state index >= 15 is 0 Å². The average molecular weight is 350 g/mol. The van der Waals surface area contributed by atoms with E-state index in [0.29, 0.717) is 17.3 Å². The lowest BCUT2D eigenvalue weighted by molar-refractivity contribution is 0.528. The van der Waals surface area contributed by atoms with E-state index in [1.807, 2.05) is 18.4 Å². The van der Waals surface area contributed by atoms with Gasteiger partial charge in [0.1, 0.15) is 5.82 Å². The van der Waals surface area contributed by atoms with E-state index in [9.17, 15) is 8.42 Å². The molecule has 5 nitrogen and oxygen atoms in total. The third-order valence-corrected chi connectivity index (χ3v) is 6.17. The normalized spacial score (nSPS) is 23.9. The number of imidazole rings is 1. The molecule has 0 saturated heterocycles. The maximum atomic E-state index is 12.2. The Bertz CT molecular complexity index is 541. The number of aromatic nitrogens is 2. The second kappa shape index (κ2) is 5.93. The number of aryl methyl sites for hydroxylation is 2. The van der Waals surface area contributed by atoms with E-state index in [2.05, 4.69) is 25.6 Å². The van der Waals surface area contributed by atoms with Crippen molar-refractivity contribution >= 4 is 26.0 Å². The summed E-state index contributed by atoms with van der Waals surface area (Å²) in [5, 5.41) is 0.121. The van der Waals surface area contributed by atoms with Crippen LogP contribution in [-0.4, -0.2) is 29.3 Å². The summed E-state index contributed by atoms with van der Waals surface area (Å²) in [6.45, 7) is 4.98. The third kappa shape index (κ3) is 3.38. The fraction of sp³-hybridized carbons (Fsp3) is 0.750. The first-order valence-corrected chi connectivity index (χ1v) is 9.01. The van der Waals surface area contributed by atoms with E-state index in [1.165, 1.54) is 0 Å². The maximum Gasteiger partial charge on any atom is 0.259 e. The quantitative estimate of drug-likeness (QED) is 0.827. The summed E-state index contributed by atoms with van der Waals surface area (Å²) in [7, 11) is -3.49. The molecule has 1 aromatic heterocycles. The van der Waals surface area contributed by atoms with Crippen molar-refractivity contribution in [1.29, 1.82) is 0 Å². The highest BCUT2D eigenvalue weighted by Gasteiger charge is 2.27. The van der Waals surface area contributed by atoms with E-state index < -0.39 is 10.0 Å². The minimum atomic E-state index is -3.49. The molecule has 19 heavy (non-hydrogen) atoms. The highest BCUT2D eigenvalue weighted by atomic mass is 79.9. The number of hydrogen-bond acceptors (Lipinski definition) is 3. The SMILES string of the molecule is CCn1cc(S(=O)(=O)NCC2CCCC2Br)nc1C. The summed E-state index contributed by atoms with van der Waals surface area (Å²) in [6.07, 6.45) is 4.95. The van der Waals surface area contributed by atoms with Crippen molar-refractivity contribution < 1.29 is 8.42 Å². The molecule has 1 saturated carbocycles. The zero-order valence-corrected chi connectivity index (χ0v) is 13.7. The van der Waals surface area contributed by atoms with Crippen molar-refractivity contribution in [2.45, 2.75) is 49.5 Å². The molecule has 7 heteroatoms. The topological polar surface area (TPSA) is 64.0 Å². The Balaban J connectivity index is 2.05. The monoisotopic (exact) mass is 349 g/mol. The van der Waals surface area contributed by atoms with Gasteiger partial charge in [-0.25, -0.2) is 18.1 Å². The number of sulfonamides is 1. The number of halogens is 1. The molecular weight excluding hydrogens is 330 g/mol. The largest absolute Gasteiger partial charge is 0.334 e. The zero-order valence-electron chi connectivity index (χ0n) is 11.3. The summed E-state index contributed by atoms with van der Waals surface area (Å²) in [4.78, 5) is 4.54. The second-order valence-electron chi connectivity index (χ2n) is 4.97. The molecule has 1 fully saturated rings. The minimum absolute atomic E-state index is 0.121. The molecular formula is C12H20BrN3O2S. The molecule has 1 aliphatic carbocycles. The number of rotatable bonds is 5. The van der Waals surface area contributed by atoms with Gasteiger partial charge in [0.15, 0.2) is 5.03 Å². The van der Waals surface area contributed by atoms with Crippen LogP contribution in [-0.2, 0) is 16.6 Å². The van der Waals surface area contributed by atoms with Gasteiger partial charge >= 0.3 is 0 Å². The van der Waals surface area contributed by atoms with Crippen LogP contribution in [0.3, 0.4) is 0 Å². The van der Waals surface area contributed by atoms with Crippen molar-refractivity contribution in [3.63, 3.8) is 0 Å². The molecule has 0 bridgehead atoms. The van der Waals surface area contributed by atoms with E-state index in [1.54, 1.807) is 6.20 Å². The van der Waals surface area contributed by atoms with Crippen LogP contribution in [0.25, 0.3) is 0 Å². The van der Waals surface area contributed by atoms with Crippen LogP contribution in [0.1, 0.15) is 32.0 Å². The van der Waals surface area contributed by atoms with Gasteiger partial charge < -0.3 is 4.57 Å². The predicted octanol–water partition coefficient (Wildman–Crippen LogP) is 2.05. The Kier molecular flexibility index (Phi) is 4.68. The van der Waals surface area contributed by atoms with Crippen LogP contribution in [0.2, 0.25) is 0 Å². The fourth-order valence-corrected chi connectivity index (χ4v) is 4.32. The van der Waals surface area contributed by atoms with Crippen LogP contribution < -0.4 is 4.72 Å². The van der Waals surface area contributed by atoms with E-state index in [0.717, 1.165) is 31.6 Å². The van der Waals surface area contributed by atoms with Crippen LogP contribution in [0, 0.1) is 12.8 Å². The first-order chi connectivity index (χ1) is 8.94. The van der Waals surface area contributed by atoms with Gasteiger partial charge in [0.2, 0.25) is 0 Å². The number of hydrogen-bond donors (Lipinski definition) is 1. The van der Waals surface area contributed by atoms with E-state index in [-0.39, 0.29) is 5.03 Å². The van der Waals surface area contributed by atoms with Crippen molar-refractivity contribution in [3.05, 3.63) is 12.0 Å². The average Bonchev–Trinajstić information content (AvgIpc) is 2.93. The molecule has 0 aromatic carbocycles. The van der Waals surface area contributed by atoms with Crippen molar-refractivity contribution in [1.82, 2.24) is 14.3 Å². The molecule has 2 rings (SSSR count). The first kappa shape index (κ1) is 15.0. The van der Waals surface area contributed by atoms with E-state index in [4.69, 9.17) is 0 Å². The Morgan fingerprint density at radius 1 is 1.53 bits per heavy atom. The highest BCUT2D eigenvalue weighted by molar-refractivity contribution is 9.09. The molecule has 1 aliphatic rings. The zero-order chi connectivity index (χ0) is 14.0. The predicted molar refractivity (Wildman–Crippen MR) is 77.9 cm³/mol. The number of alkyl halides is 1. The summed E-state index contributed by atoms with van der Waals surface area (Å²) < 4.78 is 28.9. The van der Waals surface area contributed by atoms with Crippen LogP contribution in [0.5, 0.6) is 0 Å². The Morgan fingerprint density at radius 2 is 2.26 bits per heavy atom. The summed E-state index contributed by atoms with van der Waals surface area (Å²) in [6, 6.07) is 0. The molecule has 0 aliphatic heterocycles.